The highest BCUT2D eigenvalue weighted by molar-refractivity contribution is 7.08. The second kappa shape index (κ2) is 5.76. The predicted molar refractivity (Wildman–Crippen MR) is 58.9 cm³/mol. The van der Waals surface area contributed by atoms with Gasteiger partial charge in [-0.05, 0) is 5.38 Å². The first-order valence-corrected chi connectivity index (χ1v) is 5.64. The zero-order valence-electron chi connectivity index (χ0n) is 8.99. The lowest BCUT2D eigenvalue weighted by atomic mass is 10.0. The highest BCUT2D eigenvalue weighted by Gasteiger charge is 2.26. The van der Waals surface area contributed by atoms with Gasteiger partial charge in [-0.2, -0.15) is 11.3 Å². The first-order valence-electron chi connectivity index (χ1n) is 4.69. The number of hydrogen-bond donors (Lipinski definition) is 3. The molecule has 0 aliphatic carbocycles. The van der Waals surface area contributed by atoms with Gasteiger partial charge in [0.25, 0.3) is 0 Å². The molecule has 0 fully saturated rings. The van der Waals surface area contributed by atoms with E-state index in [1.54, 1.807) is 0 Å². The van der Waals surface area contributed by atoms with Gasteiger partial charge < -0.3 is 20.1 Å². The number of aromatic carboxylic acids is 1. The molecule has 0 aromatic carbocycles. The number of aliphatic hydroxyl groups excluding tert-OH is 2. The Balaban J connectivity index is 2.81. The molecule has 0 saturated carbocycles. The van der Waals surface area contributed by atoms with Gasteiger partial charge in [0, 0.05) is 10.9 Å². The van der Waals surface area contributed by atoms with Gasteiger partial charge in [-0.3, -0.25) is 4.79 Å². The van der Waals surface area contributed by atoms with Crippen LogP contribution in [0.1, 0.15) is 28.4 Å². The normalized spacial score (nSPS) is 14.1. The molecule has 1 heterocycles. The Morgan fingerprint density at radius 3 is 2.59 bits per heavy atom. The largest absolute Gasteiger partial charge is 0.478 e. The van der Waals surface area contributed by atoms with Crippen LogP contribution in [0.4, 0.5) is 0 Å². The minimum Gasteiger partial charge on any atom is -0.478 e. The Labute approximate surface area is 101 Å². The van der Waals surface area contributed by atoms with Crippen LogP contribution in [0.3, 0.4) is 0 Å². The molecular formula is C10H12O6S. The minimum absolute atomic E-state index is 0.0774. The van der Waals surface area contributed by atoms with E-state index in [4.69, 9.17) is 5.11 Å². The Morgan fingerprint density at radius 1 is 1.41 bits per heavy atom. The summed E-state index contributed by atoms with van der Waals surface area (Å²) in [4.78, 5) is 21.7. The zero-order valence-corrected chi connectivity index (χ0v) is 9.81. The van der Waals surface area contributed by atoms with E-state index < -0.39 is 30.6 Å². The summed E-state index contributed by atoms with van der Waals surface area (Å²) in [5, 5.41) is 30.9. The zero-order chi connectivity index (χ0) is 13.0. The fraction of sp³-hybridized carbons (Fsp3) is 0.400. The lowest BCUT2D eigenvalue weighted by Crippen LogP contribution is -2.23. The number of ether oxygens (including phenoxy) is 1. The van der Waals surface area contributed by atoms with Crippen molar-refractivity contribution in [3.63, 3.8) is 0 Å². The first-order chi connectivity index (χ1) is 7.97. The van der Waals surface area contributed by atoms with E-state index in [1.807, 2.05) is 0 Å². The molecule has 17 heavy (non-hydrogen) atoms. The molecule has 6 nitrogen and oxygen atoms in total. The highest BCUT2D eigenvalue weighted by atomic mass is 32.1. The van der Waals surface area contributed by atoms with Crippen LogP contribution in [0.5, 0.6) is 0 Å². The third kappa shape index (κ3) is 3.26. The number of rotatable bonds is 5. The monoisotopic (exact) mass is 260 g/mol. The maximum Gasteiger partial charge on any atom is 0.336 e. The smallest absolute Gasteiger partial charge is 0.336 e. The number of aliphatic hydroxyl groups is 2. The van der Waals surface area contributed by atoms with Crippen LogP contribution in [-0.2, 0) is 9.53 Å². The van der Waals surface area contributed by atoms with Crippen molar-refractivity contribution in [1.29, 1.82) is 0 Å². The lowest BCUT2D eigenvalue weighted by Gasteiger charge is -2.16. The van der Waals surface area contributed by atoms with Crippen LogP contribution in [-0.4, -0.2) is 40.5 Å². The topological polar surface area (TPSA) is 104 Å². The Bertz CT molecular complexity index is 413. The molecule has 0 saturated heterocycles. The van der Waals surface area contributed by atoms with E-state index in [1.165, 1.54) is 10.8 Å². The van der Waals surface area contributed by atoms with Crippen LogP contribution in [0, 0.1) is 0 Å². The second-order valence-electron chi connectivity index (χ2n) is 3.34. The van der Waals surface area contributed by atoms with E-state index in [9.17, 15) is 19.8 Å². The number of hydrogen-bond acceptors (Lipinski definition) is 6. The van der Waals surface area contributed by atoms with Crippen molar-refractivity contribution in [1.82, 2.24) is 0 Å². The fourth-order valence-corrected chi connectivity index (χ4v) is 2.14. The molecule has 1 aromatic rings. The molecule has 94 valence electrons. The predicted octanol–water partition coefficient (Wildman–Crippen LogP) is 0.404. The van der Waals surface area contributed by atoms with Gasteiger partial charge in [-0.25, -0.2) is 4.79 Å². The van der Waals surface area contributed by atoms with E-state index in [2.05, 4.69) is 4.74 Å². The van der Waals surface area contributed by atoms with Gasteiger partial charge in [0.2, 0.25) is 0 Å². The summed E-state index contributed by atoms with van der Waals surface area (Å²) in [6, 6.07) is 0. The van der Waals surface area contributed by atoms with Crippen molar-refractivity contribution in [2.24, 2.45) is 0 Å². The molecule has 0 bridgehead atoms. The lowest BCUT2D eigenvalue weighted by molar-refractivity contribution is -0.144. The molecule has 0 aliphatic heterocycles. The number of esters is 1. The minimum atomic E-state index is -1.42. The third-order valence-electron chi connectivity index (χ3n) is 2.21. The van der Waals surface area contributed by atoms with Gasteiger partial charge in [0.1, 0.15) is 6.10 Å². The average Bonchev–Trinajstić information content (AvgIpc) is 2.76. The van der Waals surface area contributed by atoms with Crippen LogP contribution in [0.15, 0.2) is 10.8 Å². The number of carboxylic acids is 1. The summed E-state index contributed by atoms with van der Waals surface area (Å²) in [5.41, 5.74) is 0.0188. The summed E-state index contributed by atoms with van der Waals surface area (Å²) >= 11 is 1.10. The van der Waals surface area contributed by atoms with Crippen LogP contribution in [0.25, 0.3) is 0 Å². The Hall–Kier alpha value is -1.44. The van der Waals surface area contributed by atoms with Crippen molar-refractivity contribution in [2.75, 3.05) is 7.11 Å². The summed E-state index contributed by atoms with van der Waals surface area (Å²) in [5.74, 6) is -1.87. The van der Waals surface area contributed by atoms with E-state index in [0.717, 1.165) is 18.4 Å². The molecule has 2 atom stereocenters. The number of carboxylic acid groups (broad SMARTS) is 1. The molecule has 0 aliphatic rings. The molecule has 2 unspecified atom stereocenters. The summed E-state index contributed by atoms with van der Waals surface area (Å²) in [7, 11) is 1.16. The standard InChI is InChI=1S/C10H12O6S/c1-16-8(12)2-7(11)9(13)5-3-17-4-6(5)10(14)15/h3-4,7,9,11,13H,2H2,1H3,(H,14,15). The van der Waals surface area contributed by atoms with E-state index in [-0.39, 0.29) is 11.1 Å². The summed E-state index contributed by atoms with van der Waals surface area (Å²) in [6.45, 7) is 0. The Kier molecular flexibility index (Phi) is 4.62. The fourth-order valence-electron chi connectivity index (χ4n) is 1.28. The number of methoxy groups -OCH3 is 1. The average molecular weight is 260 g/mol. The molecule has 7 heteroatoms. The highest BCUT2D eigenvalue weighted by Crippen LogP contribution is 2.26. The number of thiophene rings is 1. The van der Waals surface area contributed by atoms with Crippen LogP contribution in [0.2, 0.25) is 0 Å². The van der Waals surface area contributed by atoms with Crippen molar-refractivity contribution in [3.8, 4) is 0 Å². The van der Waals surface area contributed by atoms with Gasteiger partial charge in [-0.1, -0.05) is 0 Å². The maximum absolute atomic E-state index is 10.9. The summed E-state index contributed by atoms with van der Waals surface area (Å²) < 4.78 is 4.34. The maximum atomic E-state index is 10.9. The first kappa shape index (κ1) is 13.6. The van der Waals surface area contributed by atoms with Crippen LogP contribution < -0.4 is 0 Å². The van der Waals surface area contributed by atoms with Gasteiger partial charge in [0.15, 0.2) is 0 Å². The molecular weight excluding hydrogens is 248 g/mol. The molecule has 0 amide bonds. The van der Waals surface area contributed by atoms with Crippen molar-refractivity contribution in [3.05, 3.63) is 21.9 Å². The second-order valence-corrected chi connectivity index (χ2v) is 4.08. The Morgan fingerprint density at radius 2 is 2.06 bits per heavy atom. The van der Waals surface area contributed by atoms with Gasteiger partial charge >= 0.3 is 11.9 Å². The quantitative estimate of drug-likeness (QED) is 0.662. The molecule has 0 spiro atoms. The van der Waals surface area contributed by atoms with Gasteiger partial charge in [0.05, 0.1) is 25.2 Å². The van der Waals surface area contributed by atoms with E-state index in [0.29, 0.717) is 0 Å². The molecule has 0 radical (unpaired) electrons. The van der Waals surface area contributed by atoms with Crippen molar-refractivity contribution in [2.45, 2.75) is 18.6 Å². The molecule has 3 N–H and O–H groups in total. The van der Waals surface area contributed by atoms with Crippen LogP contribution >= 0.6 is 11.3 Å². The van der Waals surface area contributed by atoms with Crippen molar-refractivity contribution >= 4 is 23.3 Å². The number of carbonyl (C=O) groups excluding carboxylic acids is 1. The molecule has 1 aromatic heterocycles. The van der Waals surface area contributed by atoms with Crippen molar-refractivity contribution < 1.29 is 29.6 Å². The van der Waals surface area contributed by atoms with Gasteiger partial charge in [-0.15, -0.1) is 0 Å². The number of carbonyl (C=O) groups is 2. The SMILES string of the molecule is COC(=O)CC(O)C(O)c1cscc1C(=O)O. The molecule has 1 rings (SSSR count). The van der Waals surface area contributed by atoms with E-state index >= 15 is 0 Å². The summed E-state index contributed by atoms with van der Waals surface area (Å²) in [6.07, 6.45) is -3.21. The third-order valence-corrected chi connectivity index (χ3v) is 2.97.